The third kappa shape index (κ3) is 2.78. The molecule has 1 aliphatic carbocycles. The highest BCUT2D eigenvalue weighted by atomic mass is 32.1. The average Bonchev–Trinajstić information content (AvgIpc) is 3.20. The Balaban J connectivity index is 1.81. The van der Waals surface area contributed by atoms with Gasteiger partial charge in [0, 0.05) is 29.1 Å². The topological polar surface area (TPSA) is 28.2 Å². The van der Waals surface area contributed by atoms with Crippen molar-refractivity contribution in [1.29, 1.82) is 0 Å². The van der Waals surface area contributed by atoms with Gasteiger partial charge in [-0.2, -0.15) is 0 Å². The van der Waals surface area contributed by atoms with Crippen molar-refractivity contribution in [3.05, 3.63) is 16.6 Å². The number of rotatable bonds is 6. The third-order valence-corrected chi connectivity index (χ3v) is 6.00. The SMILES string of the molecule is CCNC(Cc1cncs1)C1(N2CCCC2)CCCC1. The number of likely N-dealkylation sites (tertiary alicyclic amines) is 1. The van der Waals surface area contributed by atoms with E-state index in [0.29, 0.717) is 11.6 Å². The second-order valence-electron chi connectivity index (χ2n) is 6.29. The molecule has 1 aliphatic heterocycles. The average molecular weight is 293 g/mol. The second-order valence-corrected chi connectivity index (χ2v) is 7.26. The van der Waals surface area contributed by atoms with E-state index in [2.05, 4.69) is 28.3 Å². The molecule has 1 atom stereocenters. The molecule has 4 heteroatoms. The standard InChI is InChI=1S/C16H27N3S/c1-2-18-15(11-14-12-17-13-20-14)16(7-3-4-8-16)19-9-5-6-10-19/h12-13,15,18H,2-11H2,1H3. The van der Waals surface area contributed by atoms with Crippen molar-refractivity contribution < 1.29 is 0 Å². The van der Waals surface area contributed by atoms with Crippen LogP contribution < -0.4 is 5.32 Å². The Labute approximate surface area is 126 Å². The minimum absolute atomic E-state index is 0.413. The Hall–Kier alpha value is -0.450. The first-order valence-corrected chi connectivity index (χ1v) is 9.09. The number of nitrogens with one attached hydrogen (secondary N) is 1. The Kier molecular flexibility index (Phi) is 4.74. The highest BCUT2D eigenvalue weighted by molar-refractivity contribution is 7.09. The fourth-order valence-electron chi connectivity index (χ4n) is 4.28. The van der Waals surface area contributed by atoms with Crippen LogP contribution in [0.25, 0.3) is 0 Å². The van der Waals surface area contributed by atoms with Crippen LogP contribution in [0.1, 0.15) is 50.3 Å². The van der Waals surface area contributed by atoms with Crippen LogP contribution in [0.5, 0.6) is 0 Å². The summed E-state index contributed by atoms with van der Waals surface area (Å²) in [6.07, 6.45) is 11.5. The van der Waals surface area contributed by atoms with Crippen LogP contribution in [-0.2, 0) is 6.42 Å². The van der Waals surface area contributed by atoms with Crippen LogP contribution in [0.4, 0.5) is 0 Å². The van der Waals surface area contributed by atoms with E-state index in [-0.39, 0.29) is 0 Å². The first-order valence-electron chi connectivity index (χ1n) is 8.21. The van der Waals surface area contributed by atoms with E-state index in [9.17, 15) is 0 Å². The highest BCUT2D eigenvalue weighted by Crippen LogP contribution is 2.41. The monoisotopic (exact) mass is 293 g/mol. The lowest BCUT2D eigenvalue weighted by Gasteiger charge is -2.45. The zero-order valence-corrected chi connectivity index (χ0v) is 13.4. The van der Waals surface area contributed by atoms with Gasteiger partial charge in [0.25, 0.3) is 0 Å². The molecule has 3 nitrogen and oxygen atoms in total. The molecule has 0 spiro atoms. The summed E-state index contributed by atoms with van der Waals surface area (Å²) in [4.78, 5) is 8.51. The summed E-state index contributed by atoms with van der Waals surface area (Å²) in [6, 6.07) is 0.591. The number of likely N-dealkylation sites (N-methyl/N-ethyl adjacent to an activating group) is 1. The van der Waals surface area contributed by atoms with Gasteiger partial charge in [-0.25, -0.2) is 0 Å². The Bertz CT molecular complexity index is 392. The summed E-state index contributed by atoms with van der Waals surface area (Å²) in [5.74, 6) is 0. The molecular formula is C16H27N3S. The van der Waals surface area contributed by atoms with Gasteiger partial charge in [0.2, 0.25) is 0 Å². The molecule has 0 amide bonds. The smallest absolute Gasteiger partial charge is 0.0794 e. The van der Waals surface area contributed by atoms with Crippen LogP contribution in [0, 0.1) is 0 Å². The molecule has 2 heterocycles. The lowest BCUT2D eigenvalue weighted by Crippen LogP contribution is -2.60. The van der Waals surface area contributed by atoms with Gasteiger partial charge in [0.15, 0.2) is 0 Å². The van der Waals surface area contributed by atoms with Crippen LogP contribution in [0.2, 0.25) is 0 Å². The van der Waals surface area contributed by atoms with E-state index in [0.717, 1.165) is 13.0 Å². The van der Waals surface area contributed by atoms with Gasteiger partial charge in [-0.15, -0.1) is 11.3 Å². The molecule has 112 valence electrons. The predicted molar refractivity (Wildman–Crippen MR) is 85.3 cm³/mol. The minimum atomic E-state index is 0.413. The molecule has 0 aromatic carbocycles. The van der Waals surface area contributed by atoms with Gasteiger partial charge >= 0.3 is 0 Å². The first kappa shape index (κ1) is 14.5. The van der Waals surface area contributed by atoms with Gasteiger partial charge in [0.05, 0.1) is 5.51 Å². The van der Waals surface area contributed by atoms with E-state index in [4.69, 9.17) is 0 Å². The molecule has 0 radical (unpaired) electrons. The zero-order valence-electron chi connectivity index (χ0n) is 12.6. The summed E-state index contributed by atoms with van der Waals surface area (Å²) in [5, 5.41) is 3.82. The lowest BCUT2D eigenvalue weighted by molar-refractivity contribution is 0.0775. The van der Waals surface area contributed by atoms with Crippen LogP contribution in [0.3, 0.4) is 0 Å². The Morgan fingerprint density at radius 3 is 2.65 bits per heavy atom. The Morgan fingerprint density at radius 1 is 1.30 bits per heavy atom. The normalized spacial score (nSPS) is 24.2. The summed E-state index contributed by atoms with van der Waals surface area (Å²) in [6.45, 7) is 5.93. The van der Waals surface area contributed by atoms with Crippen LogP contribution >= 0.6 is 11.3 Å². The van der Waals surface area contributed by atoms with Crippen molar-refractivity contribution in [1.82, 2.24) is 15.2 Å². The van der Waals surface area contributed by atoms with E-state index in [1.807, 2.05) is 16.8 Å². The summed E-state index contributed by atoms with van der Waals surface area (Å²) >= 11 is 1.81. The largest absolute Gasteiger partial charge is 0.312 e. The third-order valence-electron chi connectivity index (χ3n) is 5.19. The minimum Gasteiger partial charge on any atom is -0.312 e. The van der Waals surface area contributed by atoms with Crippen molar-refractivity contribution in [3.8, 4) is 0 Å². The fraction of sp³-hybridized carbons (Fsp3) is 0.812. The zero-order chi connectivity index (χ0) is 13.8. The number of thiazole rings is 1. The molecule has 1 aromatic rings. The van der Waals surface area contributed by atoms with Crippen molar-refractivity contribution in [3.63, 3.8) is 0 Å². The van der Waals surface area contributed by atoms with Crippen LogP contribution in [-0.4, -0.2) is 41.1 Å². The van der Waals surface area contributed by atoms with Gasteiger partial charge < -0.3 is 5.32 Å². The van der Waals surface area contributed by atoms with E-state index in [1.165, 1.54) is 56.5 Å². The van der Waals surface area contributed by atoms with Crippen molar-refractivity contribution in [2.45, 2.75) is 63.5 Å². The molecule has 0 bridgehead atoms. The molecule has 1 saturated carbocycles. The number of aromatic nitrogens is 1. The predicted octanol–water partition coefficient (Wildman–Crippen LogP) is 3.07. The van der Waals surface area contributed by atoms with Crippen molar-refractivity contribution >= 4 is 11.3 Å². The van der Waals surface area contributed by atoms with Crippen LogP contribution in [0.15, 0.2) is 11.7 Å². The molecule has 1 saturated heterocycles. The number of hydrogen-bond acceptors (Lipinski definition) is 4. The molecule has 3 rings (SSSR count). The first-order chi connectivity index (χ1) is 9.85. The molecule has 20 heavy (non-hydrogen) atoms. The quantitative estimate of drug-likeness (QED) is 0.873. The van der Waals surface area contributed by atoms with Gasteiger partial charge in [0.1, 0.15) is 0 Å². The van der Waals surface area contributed by atoms with E-state index in [1.54, 1.807) is 0 Å². The molecule has 1 unspecified atom stereocenters. The number of hydrogen-bond donors (Lipinski definition) is 1. The maximum atomic E-state index is 4.26. The molecule has 2 aliphatic rings. The maximum absolute atomic E-state index is 4.26. The van der Waals surface area contributed by atoms with Gasteiger partial charge in [-0.1, -0.05) is 19.8 Å². The number of nitrogens with zero attached hydrogens (tertiary/aromatic N) is 2. The Morgan fingerprint density at radius 2 is 2.05 bits per heavy atom. The second kappa shape index (κ2) is 6.54. The van der Waals surface area contributed by atoms with Crippen molar-refractivity contribution in [2.24, 2.45) is 0 Å². The summed E-state index contributed by atoms with van der Waals surface area (Å²) in [5.41, 5.74) is 2.38. The molecular weight excluding hydrogens is 266 g/mol. The van der Waals surface area contributed by atoms with Crippen molar-refractivity contribution in [2.75, 3.05) is 19.6 Å². The van der Waals surface area contributed by atoms with E-state index < -0.39 is 0 Å². The molecule has 2 fully saturated rings. The maximum Gasteiger partial charge on any atom is 0.0794 e. The molecule has 1 aromatic heterocycles. The summed E-state index contributed by atoms with van der Waals surface area (Å²) < 4.78 is 0. The summed E-state index contributed by atoms with van der Waals surface area (Å²) in [7, 11) is 0. The van der Waals surface area contributed by atoms with E-state index >= 15 is 0 Å². The lowest BCUT2D eigenvalue weighted by atomic mass is 9.84. The fourth-order valence-corrected chi connectivity index (χ4v) is 4.92. The van der Waals surface area contributed by atoms with Gasteiger partial charge in [-0.3, -0.25) is 9.88 Å². The van der Waals surface area contributed by atoms with Gasteiger partial charge in [-0.05, 0) is 45.3 Å². The molecule has 1 N–H and O–H groups in total. The highest BCUT2D eigenvalue weighted by Gasteiger charge is 2.46.